The maximum absolute atomic E-state index is 12.4. The molecule has 0 saturated carbocycles. The number of nitrogens with zero attached hydrogens (tertiary/aromatic N) is 1. The maximum atomic E-state index is 12.4. The number of hydrogen-bond donors (Lipinski definition) is 1. The molecule has 112 valence electrons. The third kappa shape index (κ3) is 3.63. The quantitative estimate of drug-likeness (QED) is 0.906. The van der Waals surface area contributed by atoms with Crippen LogP contribution < -0.4 is 10.3 Å². The van der Waals surface area contributed by atoms with E-state index in [0.29, 0.717) is 12.1 Å². The van der Waals surface area contributed by atoms with Gasteiger partial charge in [0.25, 0.3) is 5.56 Å². The molecule has 0 bridgehead atoms. The van der Waals surface area contributed by atoms with E-state index in [4.69, 9.17) is 0 Å². The van der Waals surface area contributed by atoms with Gasteiger partial charge in [0, 0.05) is 0 Å². The van der Waals surface area contributed by atoms with Gasteiger partial charge in [-0.15, -0.1) is 13.2 Å². The highest BCUT2D eigenvalue weighted by molar-refractivity contribution is 9.10. The van der Waals surface area contributed by atoms with Gasteiger partial charge in [0.15, 0.2) is 0 Å². The molecule has 2 aromatic rings. The van der Waals surface area contributed by atoms with Gasteiger partial charge in [-0.3, -0.25) is 4.79 Å². The van der Waals surface area contributed by atoms with E-state index in [0.717, 1.165) is 6.07 Å². The Kier molecular flexibility index (Phi) is 4.36. The van der Waals surface area contributed by atoms with E-state index in [-0.39, 0.29) is 15.9 Å². The monoisotopic (exact) mass is 362 g/mol. The summed E-state index contributed by atoms with van der Waals surface area (Å²) in [5, 5.41) is 0. The molecule has 4 nitrogen and oxygen atoms in total. The Bertz CT molecular complexity index is 713. The van der Waals surface area contributed by atoms with Crippen LogP contribution in [0.5, 0.6) is 5.75 Å². The van der Waals surface area contributed by atoms with Crippen LogP contribution in [0.4, 0.5) is 13.2 Å². The number of halogens is 4. The highest BCUT2D eigenvalue weighted by Crippen LogP contribution is 2.31. The largest absolute Gasteiger partial charge is 0.573 e. The van der Waals surface area contributed by atoms with Gasteiger partial charge >= 0.3 is 6.36 Å². The lowest BCUT2D eigenvalue weighted by atomic mass is 10.2. The molecule has 0 aliphatic carbocycles. The lowest BCUT2D eigenvalue weighted by Gasteiger charge is -2.13. The molecular weight excluding hydrogens is 353 g/mol. The summed E-state index contributed by atoms with van der Waals surface area (Å²) >= 11 is 3.10. The van der Waals surface area contributed by atoms with Gasteiger partial charge in [-0.1, -0.05) is 19.1 Å². The molecule has 1 N–H and O–H groups in total. The highest BCUT2D eigenvalue weighted by Gasteiger charge is 2.32. The third-order valence-corrected chi connectivity index (χ3v) is 3.45. The van der Waals surface area contributed by atoms with E-state index in [2.05, 4.69) is 30.6 Å². The maximum Gasteiger partial charge on any atom is 0.573 e. The van der Waals surface area contributed by atoms with Crippen molar-refractivity contribution in [1.82, 2.24) is 9.97 Å². The zero-order chi connectivity index (χ0) is 15.6. The molecule has 0 saturated heterocycles. The van der Waals surface area contributed by atoms with Crippen LogP contribution in [0, 0.1) is 0 Å². The molecule has 0 unspecified atom stereocenters. The average Bonchev–Trinajstić information content (AvgIpc) is 2.40. The van der Waals surface area contributed by atoms with E-state index in [1.807, 2.05) is 0 Å². The first-order valence-electron chi connectivity index (χ1n) is 5.95. The summed E-state index contributed by atoms with van der Waals surface area (Å²) in [6.07, 6.45) is -4.36. The number of para-hydroxylation sites is 1. The van der Waals surface area contributed by atoms with Crippen molar-refractivity contribution in [2.24, 2.45) is 0 Å². The Labute approximate surface area is 126 Å². The van der Waals surface area contributed by atoms with E-state index in [1.165, 1.54) is 18.2 Å². The average molecular weight is 363 g/mol. The van der Waals surface area contributed by atoms with Crippen LogP contribution in [0.2, 0.25) is 0 Å². The number of rotatable bonds is 3. The van der Waals surface area contributed by atoms with E-state index >= 15 is 0 Å². The Morgan fingerprint density at radius 1 is 1.33 bits per heavy atom. The number of aryl methyl sites for hydroxylation is 1. The van der Waals surface area contributed by atoms with Crippen molar-refractivity contribution in [2.75, 3.05) is 0 Å². The van der Waals surface area contributed by atoms with Crippen LogP contribution in [0.25, 0.3) is 11.4 Å². The zero-order valence-corrected chi connectivity index (χ0v) is 12.4. The van der Waals surface area contributed by atoms with E-state index in [1.54, 1.807) is 6.92 Å². The highest BCUT2D eigenvalue weighted by atomic mass is 79.9. The van der Waals surface area contributed by atoms with Crippen LogP contribution in [0.15, 0.2) is 33.5 Å². The van der Waals surface area contributed by atoms with Crippen molar-refractivity contribution in [3.8, 4) is 17.1 Å². The lowest BCUT2D eigenvalue weighted by Crippen LogP contribution is -2.18. The van der Waals surface area contributed by atoms with Gasteiger partial charge in [0.1, 0.15) is 16.0 Å². The standard InChI is InChI=1S/C13H10BrF3N2O2/c1-2-8-10(14)12(20)19-11(18-8)7-5-3-4-6-9(7)21-13(15,16)17/h3-6H,2H2,1H3,(H,18,19,20). The molecule has 21 heavy (non-hydrogen) atoms. The summed E-state index contributed by atoms with van der Waals surface area (Å²) in [6, 6.07) is 5.50. The molecule has 8 heteroatoms. The number of alkyl halides is 3. The molecule has 0 amide bonds. The van der Waals surface area contributed by atoms with Crippen LogP contribution in [-0.4, -0.2) is 16.3 Å². The summed E-state index contributed by atoms with van der Waals surface area (Å²) in [5.41, 5.74) is 0.0587. The fourth-order valence-corrected chi connectivity index (χ4v) is 2.21. The minimum Gasteiger partial charge on any atom is -0.405 e. The Morgan fingerprint density at radius 3 is 2.62 bits per heavy atom. The van der Waals surface area contributed by atoms with Gasteiger partial charge in [0.05, 0.1) is 11.3 Å². The molecule has 0 atom stereocenters. The SMILES string of the molecule is CCc1nc(-c2ccccc2OC(F)(F)F)[nH]c(=O)c1Br. The molecule has 2 rings (SSSR count). The third-order valence-electron chi connectivity index (χ3n) is 2.63. The fourth-order valence-electron chi connectivity index (χ4n) is 1.74. The topological polar surface area (TPSA) is 55.0 Å². The number of hydrogen-bond acceptors (Lipinski definition) is 3. The Balaban J connectivity index is 2.57. The summed E-state index contributed by atoms with van der Waals surface area (Å²) < 4.78 is 41.4. The summed E-state index contributed by atoms with van der Waals surface area (Å²) in [4.78, 5) is 18.4. The van der Waals surface area contributed by atoms with Crippen molar-refractivity contribution < 1.29 is 17.9 Å². The first-order chi connectivity index (χ1) is 9.81. The molecule has 1 heterocycles. The van der Waals surface area contributed by atoms with Crippen molar-refractivity contribution >= 4 is 15.9 Å². The van der Waals surface area contributed by atoms with E-state index in [9.17, 15) is 18.0 Å². The second kappa shape index (κ2) is 5.88. The smallest absolute Gasteiger partial charge is 0.405 e. The predicted molar refractivity (Wildman–Crippen MR) is 74.1 cm³/mol. The van der Waals surface area contributed by atoms with Crippen LogP contribution in [0.1, 0.15) is 12.6 Å². The van der Waals surface area contributed by atoms with Gasteiger partial charge in [-0.05, 0) is 34.5 Å². The first kappa shape index (κ1) is 15.6. The second-order valence-corrected chi connectivity index (χ2v) is 4.87. The molecule has 0 aliphatic heterocycles. The predicted octanol–water partition coefficient (Wildman–Crippen LogP) is 3.66. The molecular formula is C13H10BrF3N2O2. The van der Waals surface area contributed by atoms with E-state index < -0.39 is 17.7 Å². The van der Waals surface area contributed by atoms with Crippen LogP contribution in [-0.2, 0) is 6.42 Å². The van der Waals surface area contributed by atoms with Gasteiger partial charge < -0.3 is 9.72 Å². The fraction of sp³-hybridized carbons (Fsp3) is 0.231. The molecule has 0 radical (unpaired) electrons. The van der Waals surface area contributed by atoms with Crippen LogP contribution in [0.3, 0.4) is 0 Å². The Morgan fingerprint density at radius 2 is 2.00 bits per heavy atom. The van der Waals surface area contributed by atoms with Gasteiger partial charge in [-0.2, -0.15) is 0 Å². The minimum atomic E-state index is -4.82. The number of aromatic amines is 1. The molecule has 1 aromatic carbocycles. The van der Waals surface area contributed by atoms with Gasteiger partial charge in [-0.25, -0.2) is 4.98 Å². The number of H-pyrrole nitrogens is 1. The van der Waals surface area contributed by atoms with Crippen LogP contribution >= 0.6 is 15.9 Å². The van der Waals surface area contributed by atoms with Gasteiger partial charge in [0.2, 0.25) is 0 Å². The molecule has 1 aromatic heterocycles. The summed E-state index contributed by atoms with van der Waals surface area (Å²) in [6.45, 7) is 1.79. The molecule has 0 aliphatic rings. The number of benzene rings is 1. The number of ether oxygens (including phenoxy) is 1. The molecule has 0 fully saturated rings. The number of aromatic nitrogens is 2. The summed E-state index contributed by atoms with van der Waals surface area (Å²) in [5.74, 6) is -0.391. The molecule has 0 spiro atoms. The van der Waals surface area contributed by atoms with Crippen molar-refractivity contribution in [3.63, 3.8) is 0 Å². The lowest BCUT2D eigenvalue weighted by molar-refractivity contribution is -0.274. The zero-order valence-electron chi connectivity index (χ0n) is 10.8. The normalized spacial score (nSPS) is 11.5. The second-order valence-electron chi connectivity index (χ2n) is 4.07. The first-order valence-corrected chi connectivity index (χ1v) is 6.75. The summed E-state index contributed by atoms with van der Waals surface area (Å²) in [7, 11) is 0. The van der Waals surface area contributed by atoms with Crippen molar-refractivity contribution in [1.29, 1.82) is 0 Å². The number of nitrogens with one attached hydrogen (secondary N) is 1. The minimum absolute atomic E-state index is 0.0277. The Hall–Kier alpha value is -1.83. The van der Waals surface area contributed by atoms with Crippen molar-refractivity contribution in [2.45, 2.75) is 19.7 Å². The van der Waals surface area contributed by atoms with Crippen molar-refractivity contribution in [3.05, 3.63) is 44.8 Å².